The van der Waals surface area contributed by atoms with E-state index >= 15 is 0 Å². The third-order valence-electron chi connectivity index (χ3n) is 3.92. The smallest absolute Gasteiger partial charge is 0.327 e. The van der Waals surface area contributed by atoms with Crippen molar-refractivity contribution in [3.63, 3.8) is 0 Å². The predicted molar refractivity (Wildman–Crippen MR) is 90.6 cm³/mol. The van der Waals surface area contributed by atoms with Gasteiger partial charge in [-0.05, 0) is 17.8 Å². The fourth-order valence-corrected chi connectivity index (χ4v) is 3.18. The van der Waals surface area contributed by atoms with Gasteiger partial charge in [0.1, 0.15) is 11.6 Å². The third kappa shape index (κ3) is 2.14. The molecule has 8 nitrogen and oxygen atoms in total. The second-order valence-electron chi connectivity index (χ2n) is 5.36. The Bertz CT molecular complexity index is 1100. The molecule has 1 aliphatic heterocycles. The van der Waals surface area contributed by atoms with Gasteiger partial charge in [0.05, 0.1) is 17.0 Å². The minimum atomic E-state index is -0.645. The number of benzene rings is 1. The molecule has 1 aliphatic rings. The summed E-state index contributed by atoms with van der Waals surface area (Å²) in [5, 5.41) is 2.89. The Morgan fingerprint density at radius 1 is 0.792 bits per heavy atom. The molecule has 1 aromatic carbocycles. The summed E-state index contributed by atoms with van der Waals surface area (Å²) in [6, 6.07) is 9.10. The van der Waals surface area contributed by atoms with Gasteiger partial charge in [-0.25, -0.2) is 4.79 Å². The number of rotatable bonds is 1. The van der Waals surface area contributed by atoms with Crippen molar-refractivity contribution in [1.29, 1.82) is 0 Å². The third-order valence-corrected chi connectivity index (χ3v) is 4.12. The molecule has 0 bridgehead atoms. The summed E-state index contributed by atoms with van der Waals surface area (Å²) >= 11 is 5.00. The lowest BCUT2D eigenvalue weighted by Crippen LogP contribution is -2.35. The predicted octanol–water partition coefficient (Wildman–Crippen LogP) is 1.05. The highest BCUT2D eigenvalue weighted by molar-refractivity contribution is 7.71. The Kier molecular flexibility index (Phi) is 3.10. The van der Waals surface area contributed by atoms with Gasteiger partial charge in [0.25, 0.3) is 11.1 Å². The topological polar surface area (TPSA) is 126 Å². The van der Waals surface area contributed by atoms with Crippen molar-refractivity contribution in [3.8, 4) is 0 Å². The van der Waals surface area contributed by atoms with Gasteiger partial charge in [0, 0.05) is 0 Å². The van der Waals surface area contributed by atoms with E-state index in [2.05, 4.69) is 25.3 Å². The first-order chi connectivity index (χ1) is 11.5. The molecule has 1 atom stereocenters. The maximum atomic E-state index is 12.5. The molecule has 0 spiro atoms. The largest absolute Gasteiger partial charge is 0.327 e. The molecule has 0 aliphatic carbocycles. The monoisotopic (exact) mass is 341 g/mol. The number of hydrogen-bond acceptors (Lipinski definition) is 5. The van der Waals surface area contributed by atoms with Crippen molar-refractivity contribution >= 4 is 23.9 Å². The molecule has 0 amide bonds. The van der Waals surface area contributed by atoms with Crippen LogP contribution in [0.15, 0.2) is 44.7 Å². The summed E-state index contributed by atoms with van der Waals surface area (Å²) in [5.41, 5.74) is -0.238. The van der Waals surface area contributed by atoms with Crippen LogP contribution in [0.5, 0.6) is 0 Å². The zero-order valence-electron chi connectivity index (χ0n) is 12.1. The van der Waals surface area contributed by atoms with E-state index in [1.165, 1.54) is 0 Å². The standard InChI is InChI=1S/C15H11N5O3S/c21-12-8-7(6-4-2-1-3-5-6)9-11(18-15(24)20-13(9)22)16-10(8)17-14(23)19-12/h1-5,7H,(H5,16,17,18,19,20,21,22,23,24). The van der Waals surface area contributed by atoms with Crippen molar-refractivity contribution < 1.29 is 0 Å². The summed E-state index contributed by atoms with van der Waals surface area (Å²) in [6.45, 7) is 0. The van der Waals surface area contributed by atoms with Crippen molar-refractivity contribution in [2.45, 2.75) is 5.92 Å². The molecule has 24 heavy (non-hydrogen) atoms. The molecule has 3 heterocycles. The van der Waals surface area contributed by atoms with Gasteiger partial charge >= 0.3 is 5.69 Å². The van der Waals surface area contributed by atoms with Gasteiger partial charge in [-0.3, -0.25) is 24.5 Å². The van der Waals surface area contributed by atoms with Gasteiger partial charge in [0.15, 0.2) is 4.77 Å². The van der Waals surface area contributed by atoms with E-state index in [0.717, 1.165) is 5.56 Å². The average molecular weight is 341 g/mol. The van der Waals surface area contributed by atoms with E-state index < -0.39 is 22.7 Å². The van der Waals surface area contributed by atoms with Crippen LogP contribution in [0.4, 0.5) is 11.6 Å². The van der Waals surface area contributed by atoms with Gasteiger partial charge in [-0.2, -0.15) is 0 Å². The molecule has 1 unspecified atom stereocenters. The first-order valence-electron chi connectivity index (χ1n) is 7.09. The van der Waals surface area contributed by atoms with Crippen molar-refractivity contribution in [1.82, 2.24) is 19.9 Å². The van der Waals surface area contributed by atoms with E-state index in [9.17, 15) is 14.4 Å². The number of fused-ring (bicyclic) bond motifs is 2. The Morgan fingerprint density at radius 2 is 1.42 bits per heavy atom. The van der Waals surface area contributed by atoms with Crippen LogP contribution in [-0.2, 0) is 0 Å². The number of aromatic nitrogens is 4. The zero-order chi connectivity index (χ0) is 16.8. The molecule has 0 radical (unpaired) electrons. The number of hydrogen-bond donors (Lipinski definition) is 5. The SMILES string of the molecule is O=c1[nH]c2c(c(=O)[nH]1)C(c1ccccc1)c1c([nH]c(=S)[nH]c1=O)N2. The Labute approximate surface area is 138 Å². The molecule has 2 aromatic heterocycles. The van der Waals surface area contributed by atoms with Crippen LogP contribution in [0.25, 0.3) is 0 Å². The maximum absolute atomic E-state index is 12.5. The van der Waals surface area contributed by atoms with Crippen LogP contribution in [0, 0.1) is 4.77 Å². The lowest BCUT2D eigenvalue weighted by atomic mass is 9.84. The van der Waals surface area contributed by atoms with E-state index in [0.29, 0.717) is 11.4 Å². The Morgan fingerprint density at radius 3 is 2.12 bits per heavy atom. The number of nitrogens with one attached hydrogen (secondary N) is 5. The second kappa shape index (κ2) is 5.17. The Hall–Kier alpha value is -3.20. The van der Waals surface area contributed by atoms with Crippen molar-refractivity contribution in [2.24, 2.45) is 0 Å². The van der Waals surface area contributed by atoms with E-state index in [-0.39, 0.29) is 16.2 Å². The van der Waals surface area contributed by atoms with Crippen molar-refractivity contribution in [3.05, 3.63) is 83.0 Å². The molecule has 5 N–H and O–H groups in total. The van der Waals surface area contributed by atoms with Crippen LogP contribution in [0.1, 0.15) is 22.6 Å². The first-order valence-corrected chi connectivity index (χ1v) is 7.50. The molecule has 0 saturated heterocycles. The summed E-state index contributed by atoms with van der Waals surface area (Å²) in [5.74, 6) is -0.0543. The van der Waals surface area contributed by atoms with E-state index in [1.54, 1.807) is 0 Å². The Balaban J connectivity index is 2.13. The van der Waals surface area contributed by atoms with Crippen LogP contribution in [0.2, 0.25) is 0 Å². The molecule has 9 heteroatoms. The van der Waals surface area contributed by atoms with Gasteiger partial charge in [-0.1, -0.05) is 30.3 Å². The van der Waals surface area contributed by atoms with Crippen LogP contribution in [-0.4, -0.2) is 19.9 Å². The van der Waals surface area contributed by atoms with Crippen molar-refractivity contribution in [2.75, 3.05) is 5.32 Å². The quantitative estimate of drug-likeness (QED) is 0.331. The lowest BCUT2D eigenvalue weighted by Gasteiger charge is -2.26. The second-order valence-corrected chi connectivity index (χ2v) is 5.77. The molecule has 4 rings (SSSR count). The molecule has 0 saturated carbocycles. The van der Waals surface area contributed by atoms with Crippen LogP contribution < -0.4 is 22.1 Å². The van der Waals surface area contributed by atoms with Gasteiger partial charge in [0.2, 0.25) is 0 Å². The molecule has 3 aromatic rings. The highest BCUT2D eigenvalue weighted by atomic mass is 32.1. The van der Waals surface area contributed by atoms with Gasteiger partial charge in [-0.15, -0.1) is 0 Å². The number of H-pyrrole nitrogens is 4. The molecule has 120 valence electrons. The minimum Gasteiger partial charge on any atom is -0.327 e. The summed E-state index contributed by atoms with van der Waals surface area (Å²) < 4.78 is 0.147. The van der Waals surface area contributed by atoms with Crippen LogP contribution in [0.3, 0.4) is 0 Å². The van der Waals surface area contributed by atoms with E-state index in [4.69, 9.17) is 12.2 Å². The number of anilines is 2. The minimum absolute atomic E-state index is 0.147. The van der Waals surface area contributed by atoms with E-state index in [1.807, 2.05) is 30.3 Å². The summed E-state index contributed by atoms with van der Waals surface area (Å²) in [4.78, 5) is 46.7. The molecular weight excluding hydrogens is 330 g/mol. The zero-order valence-corrected chi connectivity index (χ0v) is 12.9. The highest BCUT2D eigenvalue weighted by Crippen LogP contribution is 2.38. The average Bonchev–Trinajstić information content (AvgIpc) is 2.53. The summed E-state index contributed by atoms with van der Waals surface area (Å²) in [7, 11) is 0. The fourth-order valence-electron chi connectivity index (χ4n) is 2.99. The highest BCUT2D eigenvalue weighted by Gasteiger charge is 2.33. The molecular formula is C15H11N5O3S. The maximum Gasteiger partial charge on any atom is 0.327 e. The van der Waals surface area contributed by atoms with Gasteiger partial charge < -0.3 is 10.3 Å². The molecule has 0 fully saturated rings. The summed E-state index contributed by atoms with van der Waals surface area (Å²) in [6.07, 6.45) is 0. The lowest BCUT2D eigenvalue weighted by molar-refractivity contribution is 0.851. The normalized spacial score (nSPS) is 15.2. The first kappa shape index (κ1) is 14.4. The number of aromatic amines is 4. The van der Waals surface area contributed by atoms with Crippen LogP contribution >= 0.6 is 12.2 Å². The fraction of sp³-hybridized carbons (Fsp3) is 0.0667.